The first-order chi connectivity index (χ1) is 5.35. The first kappa shape index (κ1) is 10.2. The summed E-state index contributed by atoms with van der Waals surface area (Å²) in [6, 6.07) is 0. The van der Waals surface area contributed by atoms with Crippen molar-refractivity contribution in [1.29, 1.82) is 0 Å². The molecule has 0 aliphatic heterocycles. The molecule has 2 N–H and O–H groups in total. The van der Waals surface area contributed by atoms with E-state index in [1.807, 2.05) is 0 Å². The number of unbranched alkanes of at least 4 members (excludes halogenated alkanes) is 1. The lowest BCUT2D eigenvalue weighted by atomic mass is 10.3. The van der Waals surface area contributed by atoms with Gasteiger partial charge in [0.1, 0.15) is 0 Å². The van der Waals surface area contributed by atoms with Crippen molar-refractivity contribution in [3.8, 4) is 0 Å². The van der Waals surface area contributed by atoms with Gasteiger partial charge in [0.15, 0.2) is 5.96 Å². The molecule has 0 unspecified atom stereocenters. The molecule has 66 valence electrons. The minimum Gasteiger partial charge on any atom is -0.359 e. The Morgan fingerprint density at radius 1 is 1.45 bits per heavy atom. The van der Waals surface area contributed by atoms with Crippen molar-refractivity contribution in [2.45, 2.75) is 12.8 Å². The van der Waals surface area contributed by atoms with Crippen molar-refractivity contribution in [2.24, 2.45) is 4.99 Å². The number of halogens is 1. The molecule has 0 saturated carbocycles. The van der Waals surface area contributed by atoms with Gasteiger partial charge in [-0.05, 0) is 12.8 Å². The summed E-state index contributed by atoms with van der Waals surface area (Å²) < 4.78 is 11.6. The van der Waals surface area contributed by atoms with E-state index in [0.29, 0.717) is 6.42 Å². The van der Waals surface area contributed by atoms with Gasteiger partial charge in [0.2, 0.25) is 0 Å². The monoisotopic (exact) mass is 161 g/mol. The fraction of sp³-hybridized carbons (Fsp3) is 0.857. The van der Waals surface area contributed by atoms with Gasteiger partial charge < -0.3 is 10.6 Å². The van der Waals surface area contributed by atoms with E-state index in [9.17, 15) is 4.39 Å². The van der Waals surface area contributed by atoms with Crippen LogP contribution in [0.5, 0.6) is 0 Å². The first-order valence-corrected chi connectivity index (χ1v) is 3.79. The summed E-state index contributed by atoms with van der Waals surface area (Å²) in [4.78, 5) is 3.90. The lowest BCUT2D eigenvalue weighted by Crippen LogP contribution is -2.35. The summed E-state index contributed by atoms with van der Waals surface area (Å²) in [6.45, 7) is 0.539. The molecule has 0 rings (SSSR count). The van der Waals surface area contributed by atoms with E-state index < -0.39 is 0 Å². The van der Waals surface area contributed by atoms with E-state index in [1.165, 1.54) is 0 Å². The van der Waals surface area contributed by atoms with Crippen LogP contribution in [0, 0.1) is 0 Å². The third kappa shape index (κ3) is 5.63. The maximum Gasteiger partial charge on any atom is 0.190 e. The average molecular weight is 161 g/mol. The van der Waals surface area contributed by atoms with Crippen molar-refractivity contribution in [3.63, 3.8) is 0 Å². The topological polar surface area (TPSA) is 36.4 Å². The van der Waals surface area contributed by atoms with Crippen LogP contribution in [0.2, 0.25) is 0 Å². The zero-order chi connectivity index (χ0) is 8.53. The zero-order valence-corrected chi connectivity index (χ0v) is 7.15. The summed E-state index contributed by atoms with van der Waals surface area (Å²) in [5.74, 6) is 0.754. The van der Waals surface area contributed by atoms with Crippen molar-refractivity contribution >= 4 is 5.96 Å². The highest BCUT2D eigenvalue weighted by atomic mass is 19.1. The molecule has 3 nitrogen and oxygen atoms in total. The van der Waals surface area contributed by atoms with Gasteiger partial charge in [-0.3, -0.25) is 9.38 Å². The molecule has 0 aromatic carbocycles. The molecular weight excluding hydrogens is 145 g/mol. The van der Waals surface area contributed by atoms with Crippen LogP contribution in [0.4, 0.5) is 4.39 Å². The predicted octanol–water partition coefficient (Wildman–Crippen LogP) is 0.531. The Kier molecular flexibility index (Phi) is 6.78. The Hall–Kier alpha value is -0.800. The molecule has 0 bridgehead atoms. The van der Waals surface area contributed by atoms with Crippen LogP contribution < -0.4 is 10.6 Å². The smallest absolute Gasteiger partial charge is 0.190 e. The van der Waals surface area contributed by atoms with E-state index in [4.69, 9.17) is 0 Å². The SMILES string of the molecule is CN=C(NC)NCCCCF. The largest absolute Gasteiger partial charge is 0.359 e. The van der Waals surface area contributed by atoms with Gasteiger partial charge in [-0.25, -0.2) is 0 Å². The first-order valence-electron chi connectivity index (χ1n) is 3.79. The van der Waals surface area contributed by atoms with E-state index >= 15 is 0 Å². The van der Waals surface area contributed by atoms with Gasteiger partial charge >= 0.3 is 0 Å². The minimum atomic E-state index is -0.236. The van der Waals surface area contributed by atoms with Crippen molar-refractivity contribution < 1.29 is 4.39 Å². The number of nitrogens with zero attached hydrogens (tertiary/aromatic N) is 1. The number of hydrogen-bond acceptors (Lipinski definition) is 1. The Bertz CT molecular complexity index is 114. The number of hydrogen-bond donors (Lipinski definition) is 2. The van der Waals surface area contributed by atoms with E-state index in [1.54, 1.807) is 14.1 Å². The molecule has 0 amide bonds. The normalized spacial score (nSPS) is 11.4. The fourth-order valence-electron chi connectivity index (χ4n) is 0.706. The molecular formula is C7H16FN3. The highest BCUT2D eigenvalue weighted by molar-refractivity contribution is 5.79. The van der Waals surface area contributed by atoms with Crippen LogP contribution in [0.15, 0.2) is 4.99 Å². The van der Waals surface area contributed by atoms with Crippen LogP contribution in [0.3, 0.4) is 0 Å². The zero-order valence-electron chi connectivity index (χ0n) is 7.15. The number of guanidine groups is 1. The van der Waals surface area contributed by atoms with E-state index in [0.717, 1.165) is 18.9 Å². The summed E-state index contributed by atoms with van der Waals surface area (Å²) in [6.07, 6.45) is 1.46. The minimum absolute atomic E-state index is 0.236. The second kappa shape index (κ2) is 7.31. The van der Waals surface area contributed by atoms with E-state index in [2.05, 4.69) is 15.6 Å². The fourth-order valence-corrected chi connectivity index (χ4v) is 0.706. The lowest BCUT2D eigenvalue weighted by Gasteiger charge is -2.06. The molecule has 0 radical (unpaired) electrons. The van der Waals surface area contributed by atoms with Crippen LogP contribution in [0.1, 0.15) is 12.8 Å². The summed E-state index contributed by atoms with van der Waals surface area (Å²) in [5, 5.41) is 5.90. The third-order valence-corrected chi connectivity index (χ3v) is 1.31. The number of aliphatic imine (C=N–C) groups is 1. The highest BCUT2D eigenvalue weighted by Crippen LogP contribution is 1.86. The Labute approximate surface area is 67.1 Å². The van der Waals surface area contributed by atoms with Gasteiger partial charge in [0, 0.05) is 20.6 Å². The van der Waals surface area contributed by atoms with Crippen LogP contribution in [-0.2, 0) is 0 Å². The van der Waals surface area contributed by atoms with Crippen molar-refractivity contribution in [2.75, 3.05) is 27.3 Å². The Morgan fingerprint density at radius 2 is 2.18 bits per heavy atom. The molecule has 0 aliphatic carbocycles. The summed E-state index contributed by atoms with van der Waals surface area (Å²) >= 11 is 0. The Balaban J connectivity index is 3.22. The van der Waals surface area contributed by atoms with E-state index in [-0.39, 0.29) is 6.67 Å². The quantitative estimate of drug-likeness (QED) is 0.358. The molecule has 4 heteroatoms. The van der Waals surface area contributed by atoms with Gasteiger partial charge in [-0.2, -0.15) is 0 Å². The number of nitrogens with one attached hydrogen (secondary N) is 2. The van der Waals surface area contributed by atoms with Crippen LogP contribution in [-0.4, -0.2) is 33.3 Å². The summed E-state index contributed by atoms with van der Waals surface area (Å²) in [7, 11) is 3.50. The Morgan fingerprint density at radius 3 is 2.64 bits per heavy atom. The molecule has 0 aliphatic rings. The van der Waals surface area contributed by atoms with Crippen LogP contribution >= 0.6 is 0 Å². The molecule has 0 heterocycles. The molecule has 0 atom stereocenters. The van der Waals surface area contributed by atoms with Gasteiger partial charge in [0.25, 0.3) is 0 Å². The maximum atomic E-state index is 11.6. The molecule has 0 spiro atoms. The van der Waals surface area contributed by atoms with Crippen LogP contribution in [0.25, 0.3) is 0 Å². The van der Waals surface area contributed by atoms with Gasteiger partial charge in [-0.15, -0.1) is 0 Å². The second-order valence-electron chi connectivity index (χ2n) is 2.15. The number of rotatable bonds is 4. The van der Waals surface area contributed by atoms with Gasteiger partial charge in [-0.1, -0.05) is 0 Å². The standard InChI is InChI=1S/C7H16FN3/c1-9-7(10-2)11-6-4-3-5-8/h3-6H2,1-2H3,(H2,9,10,11). The molecule has 0 fully saturated rings. The number of alkyl halides is 1. The summed E-state index contributed by atoms with van der Waals surface area (Å²) in [5.41, 5.74) is 0. The van der Waals surface area contributed by atoms with Crippen molar-refractivity contribution in [1.82, 2.24) is 10.6 Å². The average Bonchev–Trinajstić information content (AvgIpc) is 2.05. The predicted molar refractivity (Wildman–Crippen MR) is 45.6 cm³/mol. The third-order valence-electron chi connectivity index (χ3n) is 1.31. The maximum absolute atomic E-state index is 11.6. The highest BCUT2D eigenvalue weighted by Gasteiger charge is 1.91. The second-order valence-corrected chi connectivity index (χ2v) is 2.15. The molecule has 0 aromatic heterocycles. The lowest BCUT2D eigenvalue weighted by molar-refractivity contribution is 0.461. The molecule has 0 saturated heterocycles. The van der Waals surface area contributed by atoms with Gasteiger partial charge in [0.05, 0.1) is 6.67 Å². The molecule has 11 heavy (non-hydrogen) atoms. The van der Waals surface area contributed by atoms with Crippen molar-refractivity contribution in [3.05, 3.63) is 0 Å². The molecule has 0 aromatic rings.